The van der Waals surface area contributed by atoms with Crippen LogP contribution < -0.4 is 5.32 Å². The highest BCUT2D eigenvalue weighted by Gasteiger charge is 2.25. The third-order valence-electron chi connectivity index (χ3n) is 4.45. The zero-order chi connectivity index (χ0) is 17.6. The van der Waals surface area contributed by atoms with Crippen molar-refractivity contribution in [3.8, 4) is 0 Å². The number of aromatic nitrogens is 1. The molecule has 1 fully saturated rings. The number of carbonyl (C=O) groups excluding carboxylic acids is 2. The number of likely N-dealkylation sites (tertiary alicyclic amines) is 1. The summed E-state index contributed by atoms with van der Waals surface area (Å²) in [7, 11) is 0. The van der Waals surface area contributed by atoms with Crippen LogP contribution >= 0.6 is 15.9 Å². The Balaban J connectivity index is 1.48. The number of nitrogens with one attached hydrogen (secondary N) is 1. The fourth-order valence-electron chi connectivity index (χ4n) is 2.97. The lowest BCUT2D eigenvalue weighted by molar-refractivity contribution is 0.0683. The van der Waals surface area contributed by atoms with Crippen LogP contribution in [0.4, 0.5) is 0 Å². The first-order valence-corrected chi connectivity index (χ1v) is 9.17. The first kappa shape index (κ1) is 17.6. The van der Waals surface area contributed by atoms with Crippen molar-refractivity contribution < 1.29 is 9.59 Å². The molecule has 0 atom stereocenters. The van der Waals surface area contributed by atoms with E-state index in [9.17, 15) is 9.59 Å². The summed E-state index contributed by atoms with van der Waals surface area (Å²) in [5, 5.41) is 2.94. The predicted molar refractivity (Wildman–Crippen MR) is 99.3 cm³/mol. The number of halogens is 1. The Bertz CT molecular complexity index is 743. The Morgan fingerprint density at radius 3 is 2.52 bits per heavy atom. The van der Waals surface area contributed by atoms with Crippen LogP contribution in [0.2, 0.25) is 0 Å². The molecule has 1 saturated heterocycles. The molecule has 0 unspecified atom stereocenters. The smallest absolute Gasteiger partial charge is 0.269 e. The van der Waals surface area contributed by atoms with Gasteiger partial charge in [0, 0.05) is 30.3 Å². The molecule has 1 aliphatic rings. The molecule has 0 aliphatic carbocycles. The van der Waals surface area contributed by atoms with Crippen LogP contribution in [0.1, 0.15) is 33.7 Å². The quantitative estimate of drug-likeness (QED) is 0.855. The van der Waals surface area contributed by atoms with Gasteiger partial charge in [0.15, 0.2) is 0 Å². The van der Waals surface area contributed by atoms with Gasteiger partial charge in [-0.2, -0.15) is 0 Å². The van der Waals surface area contributed by atoms with Crippen molar-refractivity contribution >= 4 is 27.7 Å². The van der Waals surface area contributed by atoms with Gasteiger partial charge in [-0.05, 0) is 59.0 Å². The van der Waals surface area contributed by atoms with Crippen molar-refractivity contribution in [1.82, 2.24) is 15.2 Å². The molecule has 6 heteroatoms. The van der Waals surface area contributed by atoms with E-state index >= 15 is 0 Å². The Morgan fingerprint density at radius 1 is 1.12 bits per heavy atom. The number of amides is 2. The number of rotatable bonds is 4. The highest BCUT2D eigenvalue weighted by atomic mass is 79.9. The number of pyridine rings is 1. The van der Waals surface area contributed by atoms with Gasteiger partial charge in [0.05, 0.1) is 5.56 Å². The Kier molecular flexibility index (Phi) is 5.81. The minimum Gasteiger partial charge on any atom is -0.350 e. The summed E-state index contributed by atoms with van der Waals surface area (Å²) in [6, 6.07) is 12.8. The Hall–Kier alpha value is -2.21. The highest BCUT2D eigenvalue weighted by Crippen LogP contribution is 2.22. The second-order valence-electron chi connectivity index (χ2n) is 6.14. The van der Waals surface area contributed by atoms with Gasteiger partial charge < -0.3 is 10.2 Å². The molecule has 0 radical (unpaired) electrons. The van der Waals surface area contributed by atoms with Crippen molar-refractivity contribution in [2.75, 3.05) is 19.6 Å². The number of hydrogen-bond acceptors (Lipinski definition) is 3. The standard InChI is InChI=1S/C19H20BrN3O2/c20-16-6-2-1-5-15(16)19(25)23-11-8-14(9-12-23)13-22-18(24)17-7-3-4-10-21-17/h1-7,10,14H,8-9,11-13H2,(H,22,24). The first-order chi connectivity index (χ1) is 12.1. The molecule has 2 aromatic rings. The molecule has 1 aromatic carbocycles. The number of benzene rings is 1. The number of carbonyl (C=O) groups is 2. The highest BCUT2D eigenvalue weighted by molar-refractivity contribution is 9.10. The van der Waals surface area contributed by atoms with Gasteiger partial charge in [-0.3, -0.25) is 14.6 Å². The van der Waals surface area contributed by atoms with E-state index in [4.69, 9.17) is 0 Å². The molecule has 5 nitrogen and oxygen atoms in total. The normalized spacial score (nSPS) is 15.0. The van der Waals surface area contributed by atoms with E-state index in [1.54, 1.807) is 24.4 Å². The number of piperidine rings is 1. The molecular formula is C19H20BrN3O2. The zero-order valence-corrected chi connectivity index (χ0v) is 15.4. The van der Waals surface area contributed by atoms with Gasteiger partial charge >= 0.3 is 0 Å². The lowest BCUT2D eigenvalue weighted by Crippen LogP contribution is -2.41. The van der Waals surface area contributed by atoms with Crippen LogP contribution in [0.5, 0.6) is 0 Å². The lowest BCUT2D eigenvalue weighted by Gasteiger charge is -2.32. The van der Waals surface area contributed by atoms with Crippen molar-refractivity contribution in [3.63, 3.8) is 0 Å². The van der Waals surface area contributed by atoms with E-state index in [2.05, 4.69) is 26.2 Å². The fraction of sp³-hybridized carbons (Fsp3) is 0.316. The molecule has 2 amide bonds. The topological polar surface area (TPSA) is 62.3 Å². The molecule has 2 heterocycles. The summed E-state index contributed by atoms with van der Waals surface area (Å²) >= 11 is 3.44. The molecule has 1 aliphatic heterocycles. The molecule has 0 saturated carbocycles. The van der Waals surface area contributed by atoms with Crippen molar-refractivity contribution in [2.45, 2.75) is 12.8 Å². The second kappa shape index (κ2) is 8.25. The van der Waals surface area contributed by atoms with E-state index in [-0.39, 0.29) is 11.8 Å². The van der Waals surface area contributed by atoms with E-state index in [1.807, 2.05) is 29.2 Å². The maximum Gasteiger partial charge on any atom is 0.269 e. The molecule has 25 heavy (non-hydrogen) atoms. The minimum atomic E-state index is -0.146. The summed E-state index contributed by atoms with van der Waals surface area (Å²) in [6.07, 6.45) is 3.39. The summed E-state index contributed by atoms with van der Waals surface area (Å²) < 4.78 is 0.824. The summed E-state index contributed by atoms with van der Waals surface area (Å²) in [5.74, 6) is 0.298. The summed E-state index contributed by atoms with van der Waals surface area (Å²) in [6.45, 7) is 2.04. The van der Waals surface area contributed by atoms with Gasteiger partial charge in [0.1, 0.15) is 5.69 Å². The van der Waals surface area contributed by atoms with Crippen LogP contribution in [-0.2, 0) is 0 Å². The molecule has 130 valence electrons. The predicted octanol–water partition coefficient (Wildman–Crippen LogP) is 3.13. The van der Waals surface area contributed by atoms with E-state index in [1.165, 1.54) is 0 Å². The number of nitrogens with zero attached hydrogens (tertiary/aromatic N) is 2. The van der Waals surface area contributed by atoms with Crippen LogP contribution in [0, 0.1) is 5.92 Å². The van der Waals surface area contributed by atoms with Crippen LogP contribution in [0.25, 0.3) is 0 Å². The van der Waals surface area contributed by atoms with Crippen molar-refractivity contribution in [3.05, 3.63) is 64.4 Å². The number of hydrogen-bond donors (Lipinski definition) is 1. The molecule has 3 rings (SSSR count). The molecule has 0 bridgehead atoms. The minimum absolute atomic E-state index is 0.0587. The average Bonchev–Trinajstić information content (AvgIpc) is 2.67. The van der Waals surface area contributed by atoms with Gasteiger partial charge in [-0.15, -0.1) is 0 Å². The van der Waals surface area contributed by atoms with Gasteiger partial charge in [0.25, 0.3) is 11.8 Å². The van der Waals surface area contributed by atoms with Gasteiger partial charge in [0.2, 0.25) is 0 Å². The maximum atomic E-state index is 12.6. The largest absolute Gasteiger partial charge is 0.350 e. The van der Waals surface area contributed by atoms with Crippen LogP contribution in [0.15, 0.2) is 53.1 Å². The Labute approximate surface area is 155 Å². The summed E-state index contributed by atoms with van der Waals surface area (Å²) in [4.78, 5) is 30.6. The van der Waals surface area contributed by atoms with E-state index < -0.39 is 0 Å². The third-order valence-corrected chi connectivity index (χ3v) is 5.15. The van der Waals surface area contributed by atoms with E-state index in [0.717, 1.165) is 17.3 Å². The molecule has 0 spiro atoms. The van der Waals surface area contributed by atoms with E-state index in [0.29, 0.717) is 36.8 Å². The van der Waals surface area contributed by atoms with Crippen LogP contribution in [-0.4, -0.2) is 41.3 Å². The third kappa shape index (κ3) is 4.45. The van der Waals surface area contributed by atoms with Crippen molar-refractivity contribution in [2.24, 2.45) is 5.92 Å². The SMILES string of the molecule is O=C(NCC1CCN(C(=O)c2ccccc2Br)CC1)c1ccccn1. The van der Waals surface area contributed by atoms with Gasteiger partial charge in [-0.25, -0.2) is 0 Å². The average molecular weight is 402 g/mol. The second-order valence-corrected chi connectivity index (χ2v) is 6.99. The Morgan fingerprint density at radius 2 is 1.84 bits per heavy atom. The lowest BCUT2D eigenvalue weighted by atomic mass is 9.96. The van der Waals surface area contributed by atoms with Crippen LogP contribution in [0.3, 0.4) is 0 Å². The maximum absolute atomic E-state index is 12.6. The monoisotopic (exact) mass is 401 g/mol. The fourth-order valence-corrected chi connectivity index (χ4v) is 3.42. The molecule has 1 N–H and O–H groups in total. The summed E-state index contributed by atoms with van der Waals surface area (Å²) in [5.41, 5.74) is 1.13. The first-order valence-electron chi connectivity index (χ1n) is 8.38. The molecule has 1 aromatic heterocycles. The van der Waals surface area contributed by atoms with Gasteiger partial charge in [-0.1, -0.05) is 18.2 Å². The van der Waals surface area contributed by atoms with Crippen molar-refractivity contribution in [1.29, 1.82) is 0 Å². The zero-order valence-electron chi connectivity index (χ0n) is 13.8. The molecular weight excluding hydrogens is 382 g/mol.